The molecule has 13 heavy (non-hydrogen) atoms. The summed E-state index contributed by atoms with van der Waals surface area (Å²) < 4.78 is 0. The summed E-state index contributed by atoms with van der Waals surface area (Å²) in [6.07, 6.45) is 4.29. The van der Waals surface area contributed by atoms with E-state index in [9.17, 15) is 4.79 Å². The number of aliphatic hydroxyl groups is 1. The Labute approximate surface area is 81.3 Å². The molecule has 0 aliphatic heterocycles. The summed E-state index contributed by atoms with van der Waals surface area (Å²) in [5, 5.41) is 9.04. The van der Waals surface area contributed by atoms with Gasteiger partial charge in [0.2, 0.25) is 0 Å². The van der Waals surface area contributed by atoms with Crippen molar-refractivity contribution in [3.05, 3.63) is 0 Å². The van der Waals surface area contributed by atoms with Crippen LogP contribution in [0.15, 0.2) is 0 Å². The molecule has 0 aliphatic rings. The summed E-state index contributed by atoms with van der Waals surface area (Å²) in [4.78, 5) is 11.2. The first-order valence-electron chi connectivity index (χ1n) is 5.32. The molecular weight excluding hydrogens is 164 g/mol. The fourth-order valence-corrected chi connectivity index (χ4v) is 1.40. The first-order valence-corrected chi connectivity index (χ1v) is 5.32. The fourth-order valence-electron chi connectivity index (χ4n) is 1.40. The number of carbonyl (C=O) groups is 1. The topological polar surface area (TPSA) is 37.3 Å². The molecule has 0 rings (SSSR count). The second kappa shape index (κ2) is 7.07. The van der Waals surface area contributed by atoms with Crippen molar-refractivity contribution >= 4 is 5.78 Å². The number of unbranched alkanes of at least 4 members (excludes halogenated alkanes) is 1. The van der Waals surface area contributed by atoms with Crippen LogP contribution in [0, 0.1) is 5.92 Å². The van der Waals surface area contributed by atoms with Gasteiger partial charge in [-0.05, 0) is 12.8 Å². The number of rotatable bonds is 7. The molecule has 1 N–H and O–H groups in total. The summed E-state index contributed by atoms with van der Waals surface area (Å²) in [5.74, 6) is 0.463. The van der Waals surface area contributed by atoms with Gasteiger partial charge in [0.25, 0.3) is 0 Å². The van der Waals surface area contributed by atoms with Gasteiger partial charge in [-0.3, -0.25) is 4.79 Å². The first kappa shape index (κ1) is 12.6. The van der Waals surface area contributed by atoms with E-state index in [-0.39, 0.29) is 5.78 Å². The van der Waals surface area contributed by atoms with Crippen molar-refractivity contribution in [3.63, 3.8) is 0 Å². The molecule has 0 aromatic heterocycles. The maximum Gasteiger partial charge on any atom is 0.161 e. The van der Waals surface area contributed by atoms with E-state index >= 15 is 0 Å². The number of hydrogen-bond donors (Lipinski definition) is 1. The van der Waals surface area contributed by atoms with Gasteiger partial charge in [0.1, 0.15) is 6.10 Å². The van der Waals surface area contributed by atoms with Crippen LogP contribution in [-0.2, 0) is 4.79 Å². The van der Waals surface area contributed by atoms with Crippen LogP contribution in [0.3, 0.4) is 0 Å². The lowest BCUT2D eigenvalue weighted by atomic mass is 9.92. The average molecular weight is 186 g/mol. The average Bonchev–Trinajstić information content (AvgIpc) is 2.11. The number of aliphatic hydroxyl groups excluding tert-OH is 1. The van der Waals surface area contributed by atoms with E-state index < -0.39 is 6.10 Å². The molecule has 0 saturated carbocycles. The lowest BCUT2D eigenvalue weighted by molar-refractivity contribution is -0.127. The van der Waals surface area contributed by atoms with Gasteiger partial charge in [-0.15, -0.1) is 0 Å². The monoisotopic (exact) mass is 186 g/mol. The molecule has 0 fully saturated rings. The Hall–Kier alpha value is -0.370. The van der Waals surface area contributed by atoms with E-state index in [4.69, 9.17) is 5.11 Å². The van der Waals surface area contributed by atoms with Crippen molar-refractivity contribution in [2.45, 2.75) is 59.0 Å². The smallest absolute Gasteiger partial charge is 0.161 e. The molecule has 2 unspecified atom stereocenters. The molecule has 0 radical (unpaired) electrons. The third-order valence-corrected chi connectivity index (χ3v) is 2.50. The largest absolute Gasteiger partial charge is 0.386 e. The molecule has 2 nitrogen and oxygen atoms in total. The minimum absolute atomic E-state index is 0.0112. The number of ketones is 1. The van der Waals surface area contributed by atoms with Crippen LogP contribution in [0.1, 0.15) is 52.9 Å². The predicted molar refractivity (Wildman–Crippen MR) is 54.6 cm³/mol. The molecule has 0 saturated heterocycles. The van der Waals surface area contributed by atoms with Crippen molar-refractivity contribution in [3.8, 4) is 0 Å². The van der Waals surface area contributed by atoms with Crippen LogP contribution in [-0.4, -0.2) is 17.0 Å². The van der Waals surface area contributed by atoms with Crippen molar-refractivity contribution in [1.82, 2.24) is 0 Å². The summed E-state index contributed by atoms with van der Waals surface area (Å²) in [7, 11) is 0. The third kappa shape index (κ3) is 5.81. The van der Waals surface area contributed by atoms with Gasteiger partial charge in [-0.25, -0.2) is 0 Å². The summed E-state index contributed by atoms with van der Waals surface area (Å²) in [6.45, 7) is 5.81. The van der Waals surface area contributed by atoms with Crippen molar-refractivity contribution in [1.29, 1.82) is 0 Å². The molecular formula is C11H22O2. The highest BCUT2D eigenvalue weighted by Gasteiger charge is 2.15. The number of hydrogen-bond acceptors (Lipinski definition) is 2. The predicted octanol–water partition coefficient (Wildman–Crippen LogP) is 2.54. The van der Waals surface area contributed by atoms with Gasteiger partial charge < -0.3 is 5.11 Å². The van der Waals surface area contributed by atoms with Gasteiger partial charge in [0.05, 0.1) is 0 Å². The Morgan fingerprint density at radius 1 is 1.38 bits per heavy atom. The normalized spacial score (nSPS) is 15.4. The van der Waals surface area contributed by atoms with Crippen molar-refractivity contribution in [2.75, 3.05) is 0 Å². The molecule has 2 heteroatoms. The SMILES string of the molecule is CCCCC(CC)CC(=O)C(C)O. The molecule has 0 amide bonds. The Kier molecular flexibility index (Phi) is 6.87. The summed E-state index contributed by atoms with van der Waals surface area (Å²) in [5.41, 5.74) is 0. The molecule has 0 aliphatic carbocycles. The van der Waals surface area contributed by atoms with E-state index in [1.165, 1.54) is 12.8 Å². The Bertz CT molecular complexity index is 141. The minimum Gasteiger partial charge on any atom is -0.386 e. The number of Topliss-reactive ketones (excluding diaryl/α,β-unsaturated/α-hetero) is 1. The van der Waals surface area contributed by atoms with Gasteiger partial charge in [0.15, 0.2) is 5.78 Å². The molecule has 0 spiro atoms. The molecule has 78 valence electrons. The lowest BCUT2D eigenvalue weighted by Crippen LogP contribution is -2.19. The molecule has 0 heterocycles. The van der Waals surface area contributed by atoms with E-state index in [1.807, 2.05) is 0 Å². The van der Waals surface area contributed by atoms with E-state index in [0.29, 0.717) is 12.3 Å². The second-order valence-electron chi connectivity index (χ2n) is 3.76. The van der Waals surface area contributed by atoms with Gasteiger partial charge in [0, 0.05) is 6.42 Å². The van der Waals surface area contributed by atoms with Crippen molar-refractivity contribution in [2.24, 2.45) is 5.92 Å². The van der Waals surface area contributed by atoms with E-state index in [0.717, 1.165) is 12.8 Å². The Morgan fingerprint density at radius 3 is 2.38 bits per heavy atom. The number of carbonyl (C=O) groups excluding carboxylic acids is 1. The van der Waals surface area contributed by atoms with Crippen LogP contribution >= 0.6 is 0 Å². The minimum atomic E-state index is -0.782. The third-order valence-electron chi connectivity index (χ3n) is 2.50. The maximum absolute atomic E-state index is 11.2. The zero-order valence-electron chi connectivity index (χ0n) is 9.05. The summed E-state index contributed by atoms with van der Waals surface area (Å²) >= 11 is 0. The summed E-state index contributed by atoms with van der Waals surface area (Å²) in [6, 6.07) is 0. The second-order valence-corrected chi connectivity index (χ2v) is 3.76. The molecule has 0 bridgehead atoms. The Morgan fingerprint density at radius 2 is 2.00 bits per heavy atom. The maximum atomic E-state index is 11.2. The van der Waals surface area contributed by atoms with Crippen LogP contribution in [0.4, 0.5) is 0 Å². The van der Waals surface area contributed by atoms with Gasteiger partial charge in [-0.2, -0.15) is 0 Å². The Balaban J connectivity index is 3.76. The quantitative estimate of drug-likeness (QED) is 0.663. The van der Waals surface area contributed by atoms with Gasteiger partial charge >= 0.3 is 0 Å². The van der Waals surface area contributed by atoms with Crippen LogP contribution in [0.25, 0.3) is 0 Å². The van der Waals surface area contributed by atoms with Crippen LogP contribution in [0.2, 0.25) is 0 Å². The van der Waals surface area contributed by atoms with Crippen molar-refractivity contribution < 1.29 is 9.90 Å². The van der Waals surface area contributed by atoms with Gasteiger partial charge in [-0.1, -0.05) is 39.5 Å². The standard InChI is InChI=1S/C11H22O2/c1-4-6-7-10(5-2)8-11(13)9(3)12/h9-10,12H,4-8H2,1-3H3. The van der Waals surface area contributed by atoms with E-state index in [1.54, 1.807) is 6.92 Å². The van der Waals surface area contributed by atoms with E-state index in [2.05, 4.69) is 13.8 Å². The molecule has 0 aromatic rings. The van der Waals surface area contributed by atoms with Crippen LogP contribution < -0.4 is 0 Å². The zero-order chi connectivity index (χ0) is 10.3. The molecule has 2 atom stereocenters. The highest BCUT2D eigenvalue weighted by molar-refractivity contribution is 5.82. The molecule has 0 aromatic carbocycles. The highest BCUT2D eigenvalue weighted by atomic mass is 16.3. The lowest BCUT2D eigenvalue weighted by Gasteiger charge is -2.14. The first-order chi connectivity index (χ1) is 6.11. The zero-order valence-corrected chi connectivity index (χ0v) is 9.05. The highest BCUT2D eigenvalue weighted by Crippen LogP contribution is 2.17. The fraction of sp³-hybridized carbons (Fsp3) is 0.909. The van der Waals surface area contributed by atoms with Crippen LogP contribution in [0.5, 0.6) is 0 Å².